The number of rotatable bonds is 4. The molecule has 0 radical (unpaired) electrons. The molecule has 0 aliphatic heterocycles. The van der Waals surface area contributed by atoms with Crippen LogP contribution in [-0.4, -0.2) is 6.18 Å². The minimum absolute atomic E-state index is 0.128. The van der Waals surface area contributed by atoms with Gasteiger partial charge in [0.1, 0.15) is 0 Å². The van der Waals surface area contributed by atoms with Crippen molar-refractivity contribution >= 4 is 17.7 Å². The third kappa shape index (κ3) is 4.60. The lowest BCUT2D eigenvalue weighted by atomic mass is 9.96. The van der Waals surface area contributed by atoms with Gasteiger partial charge in [0.2, 0.25) is 0 Å². The van der Waals surface area contributed by atoms with Gasteiger partial charge in [-0.3, -0.25) is 0 Å². The van der Waals surface area contributed by atoms with Gasteiger partial charge in [-0.05, 0) is 35.2 Å². The second-order valence-electron chi connectivity index (χ2n) is 5.33. The minimum atomic E-state index is -4.38. The summed E-state index contributed by atoms with van der Waals surface area (Å²) in [7, 11) is 0. The van der Waals surface area contributed by atoms with Crippen molar-refractivity contribution in [1.29, 1.82) is 0 Å². The first-order valence-electron chi connectivity index (χ1n) is 7.11. The molecule has 5 heteroatoms. The fourth-order valence-corrected chi connectivity index (χ4v) is 2.37. The Bertz CT molecular complexity index is 690. The molecule has 23 heavy (non-hydrogen) atoms. The summed E-state index contributed by atoms with van der Waals surface area (Å²) in [6.07, 6.45) is -1.77. The van der Waals surface area contributed by atoms with Crippen LogP contribution in [0.4, 0.5) is 13.2 Å². The third-order valence-corrected chi connectivity index (χ3v) is 4.01. The fourth-order valence-electron chi connectivity index (χ4n) is 2.18. The Labute approximate surface area is 138 Å². The van der Waals surface area contributed by atoms with Gasteiger partial charge < -0.3 is 5.73 Å². The van der Waals surface area contributed by atoms with Crippen LogP contribution in [0.2, 0.25) is 5.02 Å². The van der Waals surface area contributed by atoms with Crippen LogP contribution in [0.5, 0.6) is 0 Å². The molecule has 0 amide bonds. The number of allylic oxidation sites excluding steroid dienone is 1. The summed E-state index contributed by atoms with van der Waals surface area (Å²) >= 11 is 5.96. The Kier molecular flexibility index (Phi) is 5.50. The molecule has 0 spiro atoms. The number of alkyl halides is 3. The van der Waals surface area contributed by atoms with Crippen molar-refractivity contribution in [2.24, 2.45) is 5.73 Å². The highest BCUT2D eigenvalue weighted by atomic mass is 35.5. The SMILES string of the molecule is Cc1ccc(C(/C=C/c2ccc(CN)cc2)C(F)(F)F)cc1Cl. The predicted octanol–water partition coefficient (Wildman–Crippen LogP) is 5.47. The van der Waals surface area contributed by atoms with Gasteiger partial charge in [-0.1, -0.05) is 60.2 Å². The summed E-state index contributed by atoms with van der Waals surface area (Å²) in [6, 6.07) is 11.5. The van der Waals surface area contributed by atoms with E-state index in [1.165, 1.54) is 18.2 Å². The Morgan fingerprint density at radius 1 is 1.13 bits per heavy atom. The predicted molar refractivity (Wildman–Crippen MR) is 88.4 cm³/mol. The monoisotopic (exact) mass is 339 g/mol. The molecular weight excluding hydrogens is 323 g/mol. The zero-order valence-electron chi connectivity index (χ0n) is 12.6. The summed E-state index contributed by atoms with van der Waals surface area (Å²) < 4.78 is 40.0. The van der Waals surface area contributed by atoms with Crippen molar-refractivity contribution in [1.82, 2.24) is 0 Å². The highest BCUT2D eigenvalue weighted by Gasteiger charge is 2.39. The molecule has 0 heterocycles. The average molecular weight is 340 g/mol. The lowest BCUT2D eigenvalue weighted by Gasteiger charge is -2.18. The highest BCUT2D eigenvalue weighted by Crippen LogP contribution is 2.37. The molecule has 122 valence electrons. The van der Waals surface area contributed by atoms with Crippen molar-refractivity contribution < 1.29 is 13.2 Å². The van der Waals surface area contributed by atoms with E-state index in [0.717, 1.165) is 17.2 Å². The normalized spacial score (nSPS) is 13.5. The number of nitrogens with two attached hydrogens (primary N) is 1. The summed E-state index contributed by atoms with van der Waals surface area (Å²) in [5.74, 6) is -1.70. The molecule has 2 aromatic rings. The van der Waals surface area contributed by atoms with Gasteiger partial charge in [-0.25, -0.2) is 0 Å². The van der Waals surface area contributed by atoms with Gasteiger partial charge in [0, 0.05) is 11.6 Å². The number of aryl methyl sites for hydroxylation is 1. The fraction of sp³-hybridized carbons (Fsp3) is 0.222. The zero-order chi connectivity index (χ0) is 17.0. The number of halogens is 4. The second-order valence-corrected chi connectivity index (χ2v) is 5.74. The summed E-state index contributed by atoms with van der Waals surface area (Å²) in [6.45, 7) is 2.15. The number of benzene rings is 2. The highest BCUT2D eigenvalue weighted by molar-refractivity contribution is 6.31. The van der Waals surface area contributed by atoms with Gasteiger partial charge in [0.15, 0.2) is 0 Å². The Morgan fingerprint density at radius 2 is 1.78 bits per heavy atom. The zero-order valence-corrected chi connectivity index (χ0v) is 13.3. The first-order valence-corrected chi connectivity index (χ1v) is 7.49. The lowest BCUT2D eigenvalue weighted by molar-refractivity contribution is -0.139. The Morgan fingerprint density at radius 3 is 2.30 bits per heavy atom. The first kappa shape index (κ1) is 17.6. The Hall–Kier alpha value is -1.78. The molecule has 0 aromatic heterocycles. The van der Waals surface area contributed by atoms with Crippen LogP contribution >= 0.6 is 11.6 Å². The molecule has 2 aromatic carbocycles. The topological polar surface area (TPSA) is 26.0 Å². The van der Waals surface area contributed by atoms with Gasteiger partial charge in [-0.15, -0.1) is 0 Å². The average Bonchev–Trinajstić information content (AvgIpc) is 2.50. The van der Waals surface area contributed by atoms with Gasteiger partial charge in [-0.2, -0.15) is 13.2 Å². The molecular formula is C18H17ClF3N. The van der Waals surface area contributed by atoms with Crippen LogP contribution < -0.4 is 5.73 Å². The van der Waals surface area contributed by atoms with E-state index in [-0.39, 0.29) is 5.56 Å². The van der Waals surface area contributed by atoms with E-state index in [1.54, 1.807) is 37.3 Å². The van der Waals surface area contributed by atoms with Crippen LogP contribution in [0.25, 0.3) is 6.08 Å². The smallest absolute Gasteiger partial charge is 0.326 e. The van der Waals surface area contributed by atoms with Crippen molar-refractivity contribution in [3.05, 3.63) is 75.8 Å². The van der Waals surface area contributed by atoms with Gasteiger partial charge in [0.05, 0.1) is 5.92 Å². The maximum Gasteiger partial charge on any atom is 0.399 e. The third-order valence-electron chi connectivity index (χ3n) is 3.60. The summed E-state index contributed by atoms with van der Waals surface area (Å²) in [5.41, 5.74) is 8.00. The van der Waals surface area contributed by atoms with Crippen LogP contribution in [0.3, 0.4) is 0 Å². The second kappa shape index (κ2) is 7.20. The van der Waals surface area contributed by atoms with Crippen LogP contribution in [-0.2, 0) is 6.54 Å². The van der Waals surface area contributed by atoms with E-state index < -0.39 is 12.1 Å². The molecule has 2 N–H and O–H groups in total. The van der Waals surface area contributed by atoms with E-state index >= 15 is 0 Å². The van der Waals surface area contributed by atoms with E-state index in [4.69, 9.17) is 17.3 Å². The maximum atomic E-state index is 13.3. The van der Waals surface area contributed by atoms with Crippen LogP contribution in [0.1, 0.15) is 28.2 Å². The van der Waals surface area contributed by atoms with E-state index in [1.807, 2.05) is 0 Å². The van der Waals surface area contributed by atoms with Crippen molar-refractivity contribution in [3.8, 4) is 0 Å². The molecule has 0 saturated carbocycles. The molecule has 0 fully saturated rings. The molecule has 1 nitrogen and oxygen atoms in total. The summed E-state index contributed by atoms with van der Waals surface area (Å²) in [4.78, 5) is 0. The van der Waals surface area contributed by atoms with Crippen molar-refractivity contribution in [3.63, 3.8) is 0 Å². The summed E-state index contributed by atoms with van der Waals surface area (Å²) in [5, 5.41) is 0.331. The molecule has 0 aliphatic rings. The van der Waals surface area contributed by atoms with Crippen molar-refractivity contribution in [2.75, 3.05) is 0 Å². The lowest BCUT2D eigenvalue weighted by Crippen LogP contribution is -2.18. The number of hydrogen-bond acceptors (Lipinski definition) is 1. The van der Waals surface area contributed by atoms with Crippen LogP contribution in [0.15, 0.2) is 48.5 Å². The van der Waals surface area contributed by atoms with E-state index in [2.05, 4.69) is 0 Å². The molecule has 2 rings (SSSR count). The minimum Gasteiger partial charge on any atom is -0.326 e. The Balaban J connectivity index is 2.31. The number of hydrogen-bond donors (Lipinski definition) is 1. The van der Waals surface area contributed by atoms with Crippen LogP contribution in [0, 0.1) is 6.92 Å². The molecule has 0 saturated heterocycles. The van der Waals surface area contributed by atoms with E-state index in [0.29, 0.717) is 17.1 Å². The largest absolute Gasteiger partial charge is 0.399 e. The molecule has 0 aliphatic carbocycles. The van der Waals surface area contributed by atoms with Gasteiger partial charge >= 0.3 is 6.18 Å². The first-order chi connectivity index (χ1) is 10.8. The molecule has 1 unspecified atom stereocenters. The quantitative estimate of drug-likeness (QED) is 0.785. The molecule has 1 atom stereocenters. The van der Waals surface area contributed by atoms with E-state index in [9.17, 15) is 13.2 Å². The maximum absolute atomic E-state index is 13.3. The molecule has 0 bridgehead atoms. The standard InChI is InChI=1S/C18H17ClF3N/c1-12-2-8-15(10-17(12)19)16(18(20,21)22)9-7-13-3-5-14(11-23)6-4-13/h2-10,16H,11,23H2,1H3/b9-7+. The van der Waals surface area contributed by atoms with Gasteiger partial charge in [0.25, 0.3) is 0 Å². The van der Waals surface area contributed by atoms with Crippen molar-refractivity contribution in [2.45, 2.75) is 25.6 Å².